The maximum Gasteiger partial charge on any atom is 0.414 e. The standard InChI is InChI=1S/C20H33NO.C2H2O4/c1-19(2,3)16-11-14(13-21-15-9-7-8-10-15)12-17(18(16)22)20(4,5)6;3-1(4)2(5)6/h11-12,15,21-22H,7-10,13H2,1-6H3;(H,3,4)(H,5,6). The second-order valence-corrected chi connectivity index (χ2v) is 9.51. The van der Waals surface area contributed by atoms with Gasteiger partial charge in [0.25, 0.3) is 0 Å². The zero-order chi connectivity index (χ0) is 21.7. The Bertz CT molecular complexity index is 645. The maximum absolute atomic E-state index is 10.7. The number of carboxylic acid groups (broad SMARTS) is 2. The van der Waals surface area contributed by atoms with E-state index in [-0.39, 0.29) is 10.8 Å². The lowest BCUT2D eigenvalue weighted by molar-refractivity contribution is -0.159. The predicted molar refractivity (Wildman–Crippen MR) is 110 cm³/mol. The molecule has 0 aliphatic heterocycles. The quantitative estimate of drug-likeness (QED) is 0.574. The first-order chi connectivity index (χ1) is 12.7. The van der Waals surface area contributed by atoms with E-state index in [1.54, 1.807) is 0 Å². The molecule has 0 spiro atoms. The fourth-order valence-corrected chi connectivity index (χ4v) is 3.33. The van der Waals surface area contributed by atoms with E-state index in [0.717, 1.165) is 17.7 Å². The number of benzene rings is 1. The third-order valence-electron chi connectivity index (χ3n) is 4.92. The Morgan fingerprint density at radius 3 is 1.64 bits per heavy atom. The molecule has 0 heterocycles. The molecule has 1 aromatic carbocycles. The molecule has 1 aliphatic carbocycles. The molecule has 0 bridgehead atoms. The highest BCUT2D eigenvalue weighted by Crippen LogP contribution is 2.39. The van der Waals surface area contributed by atoms with Crippen LogP contribution in [0.4, 0.5) is 0 Å². The minimum atomic E-state index is -1.82. The average Bonchev–Trinajstić information content (AvgIpc) is 3.05. The minimum Gasteiger partial charge on any atom is -0.507 e. The molecule has 28 heavy (non-hydrogen) atoms. The van der Waals surface area contributed by atoms with E-state index in [2.05, 4.69) is 59.0 Å². The molecule has 0 aromatic heterocycles. The van der Waals surface area contributed by atoms with E-state index < -0.39 is 11.9 Å². The van der Waals surface area contributed by atoms with Crippen molar-refractivity contribution in [3.63, 3.8) is 0 Å². The monoisotopic (exact) mass is 393 g/mol. The third kappa shape index (κ3) is 7.15. The van der Waals surface area contributed by atoms with E-state index >= 15 is 0 Å². The van der Waals surface area contributed by atoms with Gasteiger partial charge in [-0.25, -0.2) is 9.59 Å². The molecular weight excluding hydrogens is 358 g/mol. The van der Waals surface area contributed by atoms with Crippen LogP contribution in [-0.4, -0.2) is 33.3 Å². The summed E-state index contributed by atoms with van der Waals surface area (Å²) >= 11 is 0. The molecule has 1 saturated carbocycles. The minimum absolute atomic E-state index is 0.0482. The summed E-state index contributed by atoms with van der Waals surface area (Å²) in [6.07, 6.45) is 5.31. The van der Waals surface area contributed by atoms with Crippen molar-refractivity contribution >= 4 is 11.9 Å². The molecule has 6 heteroatoms. The van der Waals surface area contributed by atoms with Gasteiger partial charge in [-0.2, -0.15) is 0 Å². The number of phenols is 1. The van der Waals surface area contributed by atoms with Crippen LogP contribution in [-0.2, 0) is 27.0 Å². The molecule has 0 unspecified atom stereocenters. The van der Waals surface area contributed by atoms with Gasteiger partial charge in [0.05, 0.1) is 0 Å². The van der Waals surface area contributed by atoms with Crippen LogP contribution in [0.5, 0.6) is 5.75 Å². The highest BCUT2D eigenvalue weighted by atomic mass is 16.4. The third-order valence-corrected chi connectivity index (χ3v) is 4.92. The van der Waals surface area contributed by atoms with Gasteiger partial charge in [-0.3, -0.25) is 0 Å². The van der Waals surface area contributed by atoms with Crippen molar-refractivity contribution in [2.24, 2.45) is 0 Å². The van der Waals surface area contributed by atoms with Crippen LogP contribution >= 0.6 is 0 Å². The smallest absolute Gasteiger partial charge is 0.414 e. The number of aromatic hydroxyl groups is 1. The van der Waals surface area contributed by atoms with E-state index in [0.29, 0.717) is 11.8 Å². The molecule has 4 N–H and O–H groups in total. The lowest BCUT2D eigenvalue weighted by atomic mass is 9.78. The molecule has 1 aliphatic rings. The van der Waals surface area contributed by atoms with Gasteiger partial charge in [-0.15, -0.1) is 0 Å². The number of hydrogen-bond donors (Lipinski definition) is 4. The van der Waals surface area contributed by atoms with Gasteiger partial charge in [-0.05, 0) is 40.4 Å². The molecule has 0 saturated heterocycles. The molecule has 1 aromatic rings. The summed E-state index contributed by atoms with van der Waals surface area (Å²) in [6.45, 7) is 13.9. The number of aliphatic carboxylic acids is 2. The summed E-state index contributed by atoms with van der Waals surface area (Å²) in [7, 11) is 0. The van der Waals surface area contributed by atoms with E-state index in [9.17, 15) is 5.11 Å². The number of carbonyl (C=O) groups is 2. The molecule has 6 nitrogen and oxygen atoms in total. The number of carboxylic acids is 2. The summed E-state index contributed by atoms with van der Waals surface area (Å²) in [5.74, 6) is -3.17. The Kier molecular flexibility index (Phi) is 8.05. The van der Waals surface area contributed by atoms with Gasteiger partial charge in [0.1, 0.15) is 5.75 Å². The van der Waals surface area contributed by atoms with E-state index in [1.165, 1.54) is 31.2 Å². The van der Waals surface area contributed by atoms with Crippen LogP contribution in [0.1, 0.15) is 83.9 Å². The van der Waals surface area contributed by atoms with E-state index in [4.69, 9.17) is 19.8 Å². The summed E-state index contributed by atoms with van der Waals surface area (Å²) in [5.41, 5.74) is 3.31. The van der Waals surface area contributed by atoms with Gasteiger partial charge in [0.15, 0.2) is 0 Å². The average molecular weight is 394 g/mol. The first-order valence-electron chi connectivity index (χ1n) is 9.80. The van der Waals surface area contributed by atoms with Gasteiger partial charge >= 0.3 is 11.9 Å². The lowest BCUT2D eigenvalue weighted by Gasteiger charge is -2.28. The van der Waals surface area contributed by atoms with E-state index in [1.807, 2.05) is 0 Å². The summed E-state index contributed by atoms with van der Waals surface area (Å²) in [5, 5.41) is 29.2. The zero-order valence-corrected chi connectivity index (χ0v) is 17.9. The van der Waals surface area contributed by atoms with Crippen molar-refractivity contribution in [3.8, 4) is 5.75 Å². The Balaban J connectivity index is 0.000000568. The normalized spacial score (nSPS) is 15.1. The largest absolute Gasteiger partial charge is 0.507 e. The van der Waals surface area contributed by atoms with Crippen LogP contribution in [0.25, 0.3) is 0 Å². The first kappa shape index (κ1) is 24.0. The van der Waals surface area contributed by atoms with Crippen molar-refractivity contribution in [3.05, 3.63) is 28.8 Å². The predicted octanol–water partition coefficient (Wildman–Crippen LogP) is 4.18. The SMILES string of the molecule is CC(C)(C)c1cc(CNC2CCCC2)cc(C(C)(C)C)c1O.O=C(O)C(=O)O. The van der Waals surface area contributed by atoms with Gasteiger partial charge in [0.2, 0.25) is 0 Å². The Morgan fingerprint density at radius 2 is 1.32 bits per heavy atom. The van der Waals surface area contributed by atoms with Crippen molar-refractivity contribution < 1.29 is 24.9 Å². The molecule has 0 radical (unpaired) electrons. The summed E-state index contributed by atoms with van der Waals surface area (Å²) in [6, 6.07) is 5.05. The van der Waals surface area contributed by atoms with Gasteiger partial charge < -0.3 is 20.6 Å². The number of rotatable bonds is 3. The van der Waals surface area contributed by atoms with Gasteiger partial charge in [-0.1, -0.05) is 66.5 Å². The van der Waals surface area contributed by atoms with Crippen molar-refractivity contribution in [1.29, 1.82) is 0 Å². The zero-order valence-electron chi connectivity index (χ0n) is 17.9. The molecular formula is C22H35NO5. The van der Waals surface area contributed by atoms with Crippen molar-refractivity contribution in [1.82, 2.24) is 5.32 Å². The maximum atomic E-state index is 10.7. The fourth-order valence-electron chi connectivity index (χ4n) is 3.33. The Morgan fingerprint density at radius 1 is 0.929 bits per heavy atom. The molecule has 158 valence electrons. The lowest BCUT2D eigenvalue weighted by Crippen LogP contribution is -2.26. The highest BCUT2D eigenvalue weighted by molar-refractivity contribution is 6.27. The molecule has 0 atom stereocenters. The molecule has 2 rings (SSSR count). The number of hydrogen-bond acceptors (Lipinski definition) is 4. The van der Waals surface area contributed by atoms with Crippen LogP contribution < -0.4 is 5.32 Å². The second-order valence-electron chi connectivity index (χ2n) is 9.51. The summed E-state index contributed by atoms with van der Waals surface area (Å²) in [4.78, 5) is 18.2. The molecule has 0 amide bonds. The Labute approximate surface area is 168 Å². The summed E-state index contributed by atoms with van der Waals surface area (Å²) < 4.78 is 0. The topological polar surface area (TPSA) is 107 Å². The van der Waals surface area contributed by atoms with Crippen LogP contribution in [0, 0.1) is 0 Å². The Hall–Kier alpha value is -2.08. The highest BCUT2D eigenvalue weighted by Gasteiger charge is 2.26. The van der Waals surface area contributed by atoms with Gasteiger partial charge in [0, 0.05) is 12.6 Å². The number of nitrogens with one attached hydrogen (secondary N) is 1. The van der Waals surface area contributed by atoms with Crippen LogP contribution in [0.15, 0.2) is 12.1 Å². The second kappa shape index (κ2) is 9.41. The first-order valence-corrected chi connectivity index (χ1v) is 9.80. The number of phenolic OH excluding ortho intramolecular Hbond substituents is 1. The van der Waals surface area contributed by atoms with Crippen molar-refractivity contribution in [2.75, 3.05) is 0 Å². The van der Waals surface area contributed by atoms with Crippen molar-refractivity contribution in [2.45, 2.75) is 90.6 Å². The van der Waals surface area contributed by atoms with Crippen LogP contribution in [0.2, 0.25) is 0 Å². The molecule has 1 fully saturated rings. The fraction of sp³-hybridized carbons (Fsp3) is 0.636. The van der Waals surface area contributed by atoms with Crippen LogP contribution in [0.3, 0.4) is 0 Å².